The van der Waals surface area contributed by atoms with Gasteiger partial charge in [0.25, 0.3) is 0 Å². The van der Waals surface area contributed by atoms with Crippen molar-refractivity contribution in [3.63, 3.8) is 0 Å². The first-order valence-corrected chi connectivity index (χ1v) is 7.46. The van der Waals surface area contributed by atoms with Gasteiger partial charge in [0.15, 0.2) is 0 Å². The summed E-state index contributed by atoms with van der Waals surface area (Å²) in [5.41, 5.74) is 0.231. The van der Waals surface area contributed by atoms with Gasteiger partial charge in [-0.25, -0.2) is 0 Å². The molecule has 2 rings (SSSR count). The van der Waals surface area contributed by atoms with E-state index >= 15 is 0 Å². The van der Waals surface area contributed by atoms with Gasteiger partial charge in [-0.05, 0) is 65.7 Å². The lowest BCUT2D eigenvalue weighted by Gasteiger charge is -2.39. The molecule has 2 aliphatic rings. The number of nitrogens with one attached hydrogen (secondary N) is 2. The van der Waals surface area contributed by atoms with Crippen molar-refractivity contribution in [2.75, 3.05) is 0 Å². The zero-order valence-electron chi connectivity index (χ0n) is 12.7. The Kier molecular flexibility index (Phi) is 3.69. The van der Waals surface area contributed by atoms with Crippen LogP contribution in [0.1, 0.15) is 66.2 Å². The predicted molar refractivity (Wildman–Crippen MR) is 76.0 cm³/mol. The first kappa shape index (κ1) is 14.8. The van der Waals surface area contributed by atoms with Crippen LogP contribution in [-0.2, 0) is 4.79 Å². The molecule has 0 aromatic heterocycles. The lowest BCUT2D eigenvalue weighted by atomic mass is 9.80. The number of hydrogen-bond donors (Lipinski definition) is 3. The third-order valence-electron chi connectivity index (χ3n) is 5.39. The van der Waals surface area contributed by atoms with Crippen molar-refractivity contribution < 1.29 is 9.90 Å². The second kappa shape index (κ2) is 4.74. The Morgan fingerprint density at radius 2 is 1.58 bits per heavy atom. The molecule has 19 heavy (non-hydrogen) atoms. The van der Waals surface area contributed by atoms with Crippen molar-refractivity contribution in [3.05, 3.63) is 0 Å². The molecule has 1 aliphatic heterocycles. The van der Waals surface area contributed by atoms with Crippen LogP contribution in [0.3, 0.4) is 0 Å². The molecule has 1 spiro atoms. The Labute approximate surface area is 116 Å². The van der Waals surface area contributed by atoms with Gasteiger partial charge in [-0.15, -0.1) is 0 Å². The van der Waals surface area contributed by atoms with Crippen LogP contribution in [0.4, 0.5) is 0 Å². The number of carbonyl (C=O) groups is 1. The maximum Gasteiger partial charge on any atom is 0.303 e. The molecule has 0 unspecified atom stereocenters. The molecule has 0 bridgehead atoms. The van der Waals surface area contributed by atoms with E-state index in [1.165, 1.54) is 0 Å². The summed E-state index contributed by atoms with van der Waals surface area (Å²) in [6.45, 7) is 9.02. The largest absolute Gasteiger partial charge is 0.481 e. The molecule has 2 fully saturated rings. The summed E-state index contributed by atoms with van der Waals surface area (Å²) >= 11 is 0. The predicted octanol–water partition coefficient (Wildman–Crippen LogP) is 2.49. The first-order chi connectivity index (χ1) is 8.66. The highest BCUT2D eigenvalue weighted by Gasteiger charge is 2.53. The fraction of sp³-hybridized carbons (Fsp3) is 0.933. The van der Waals surface area contributed by atoms with Gasteiger partial charge in [0.1, 0.15) is 0 Å². The SMILES string of the molecule is CC1(C)NC2(CCC(CCC(=O)O)CC2)NC1(C)C. The third-order valence-corrected chi connectivity index (χ3v) is 5.39. The van der Waals surface area contributed by atoms with Crippen molar-refractivity contribution >= 4 is 5.97 Å². The Morgan fingerprint density at radius 1 is 1.11 bits per heavy atom. The van der Waals surface area contributed by atoms with Crippen molar-refractivity contribution in [3.8, 4) is 0 Å². The van der Waals surface area contributed by atoms with Gasteiger partial charge >= 0.3 is 5.97 Å². The zero-order valence-corrected chi connectivity index (χ0v) is 12.7. The Balaban J connectivity index is 1.92. The van der Waals surface area contributed by atoms with Crippen LogP contribution in [0.15, 0.2) is 0 Å². The highest BCUT2D eigenvalue weighted by atomic mass is 16.4. The number of carboxylic acids is 1. The van der Waals surface area contributed by atoms with Gasteiger partial charge in [0.2, 0.25) is 0 Å². The molecule has 3 N–H and O–H groups in total. The van der Waals surface area contributed by atoms with E-state index in [1.54, 1.807) is 0 Å². The number of rotatable bonds is 3. The van der Waals surface area contributed by atoms with Gasteiger partial charge in [0, 0.05) is 17.5 Å². The van der Waals surface area contributed by atoms with Gasteiger partial charge in [-0.1, -0.05) is 0 Å². The Hall–Kier alpha value is -0.610. The molecular weight excluding hydrogens is 240 g/mol. The zero-order chi connectivity index (χ0) is 14.3. The summed E-state index contributed by atoms with van der Waals surface area (Å²) in [6, 6.07) is 0. The minimum absolute atomic E-state index is 0.0622. The fourth-order valence-corrected chi connectivity index (χ4v) is 3.58. The average molecular weight is 268 g/mol. The second-order valence-corrected chi connectivity index (χ2v) is 7.46. The molecule has 1 saturated carbocycles. The summed E-state index contributed by atoms with van der Waals surface area (Å²) in [4.78, 5) is 10.6. The monoisotopic (exact) mass is 268 g/mol. The molecule has 0 amide bonds. The summed E-state index contributed by atoms with van der Waals surface area (Å²) in [7, 11) is 0. The van der Waals surface area contributed by atoms with E-state index in [4.69, 9.17) is 5.11 Å². The van der Waals surface area contributed by atoms with Crippen molar-refractivity contribution in [1.82, 2.24) is 10.6 Å². The quantitative estimate of drug-likeness (QED) is 0.736. The third kappa shape index (κ3) is 2.95. The van der Waals surface area contributed by atoms with Gasteiger partial charge in [-0.2, -0.15) is 0 Å². The molecular formula is C15H28N2O2. The van der Waals surface area contributed by atoms with Crippen LogP contribution in [0.2, 0.25) is 0 Å². The molecule has 1 heterocycles. The normalized spacial score (nSPS) is 28.6. The minimum atomic E-state index is -0.667. The van der Waals surface area contributed by atoms with Crippen LogP contribution in [0.25, 0.3) is 0 Å². The van der Waals surface area contributed by atoms with Crippen LogP contribution in [0.5, 0.6) is 0 Å². The minimum Gasteiger partial charge on any atom is -0.481 e. The standard InChI is InChI=1S/C15H28N2O2/c1-13(2)14(3,4)17-15(16-13)9-7-11(8-10-15)5-6-12(18)19/h11,16-17H,5-10H2,1-4H3,(H,18,19). The molecule has 1 saturated heterocycles. The smallest absolute Gasteiger partial charge is 0.303 e. The average Bonchev–Trinajstić information content (AvgIpc) is 2.43. The van der Waals surface area contributed by atoms with Crippen LogP contribution in [-0.4, -0.2) is 27.8 Å². The highest BCUT2D eigenvalue weighted by Crippen LogP contribution is 2.41. The van der Waals surface area contributed by atoms with Gasteiger partial charge in [0.05, 0.1) is 5.66 Å². The van der Waals surface area contributed by atoms with E-state index in [-0.39, 0.29) is 16.7 Å². The molecule has 0 atom stereocenters. The molecule has 0 aromatic rings. The summed E-state index contributed by atoms with van der Waals surface area (Å²) < 4.78 is 0. The lowest BCUT2D eigenvalue weighted by Crippen LogP contribution is -2.54. The number of aliphatic carboxylic acids is 1. The summed E-state index contributed by atoms with van der Waals surface area (Å²) in [6.07, 6.45) is 5.60. The second-order valence-electron chi connectivity index (χ2n) is 7.46. The van der Waals surface area contributed by atoms with Crippen molar-refractivity contribution in [2.24, 2.45) is 5.92 Å². The maximum atomic E-state index is 10.6. The summed E-state index contributed by atoms with van der Waals surface area (Å²) in [5, 5.41) is 16.3. The molecule has 1 aliphatic carbocycles. The van der Waals surface area contributed by atoms with Crippen molar-refractivity contribution in [2.45, 2.75) is 83.0 Å². The number of carboxylic acid groups (broad SMARTS) is 1. The molecule has 110 valence electrons. The highest BCUT2D eigenvalue weighted by molar-refractivity contribution is 5.66. The Morgan fingerprint density at radius 3 is 2.00 bits per heavy atom. The molecule has 0 radical (unpaired) electrons. The van der Waals surface area contributed by atoms with E-state index in [2.05, 4.69) is 38.3 Å². The van der Waals surface area contributed by atoms with E-state index in [0.29, 0.717) is 12.3 Å². The first-order valence-electron chi connectivity index (χ1n) is 7.46. The van der Waals surface area contributed by atoms with Gasteiger partial charge in [-0.3, -0.25) is 15.4 Å². The number of hydrogen-bond acceptors (Lipinski definition) is 3. The van der Waals surface area contributed by atoms with E-state index in [9.17, 15) is 4.79 Å². The van der Waals surface area contributed by atoms with Gasteiger partial charge < -0.3 is 5.11 Å². The lowest BCUT2D eigenvalue weighted by molar-refractivity contribution is -0.137. The molecule has 4 heteroatoms. The summed E-state index contributed by atoms with van der Waals surface area (Å²) in [5.74, 6) is -0.0863. The van der Waals surface area contributed by atoms with Crippen LogP contribution in [0, 0.1) is 5.92 Å². The Bertz CT molecular complexity index is 337. The van der Waals surface area contributed by atoms with Crippen LogP contribution < -0.4 is 10.6 Å². The van der Waals surface area contributed by atoms with E-state index in [0.717, 1.165) is 32.1 Å². The maximum absolute atomic E-state index is 10.6. The molecule has 4 nitrogen and oxygen atoms in total. The fourth-order valence-electron chi connectivity index (χ4n) is 3.58. The van der Waals surface area contributed by atoms with Crippen LogP contribution >= 0.6 is 0 Å². The molecule has 0 aromatic carbocycles. The topological polar surface area (TPSA) is 61.4 Å². The van der Waals surface area contributed by atoms with Crippen molar-refractivity contribution in [1.29, 1.82) is 0 Å². The van der Waals surface area contributed by atoms with E-state index < -0.39 is 5.97 Å². The van der Waals surface area contributed by atoms with E-state index in [1.807, 2.05) is 0 Å².